The fourth-order valence-corrected chi connectivity index (χ4v) is 3.82. The van der Waals surface area contributed by atoms with E-state index in [2.05, 4.69) is 18.7 Å². The van der Waals surface area contributed by atoms with Crippen molar-refractivity contribution in [2.75, 3.05) is 53.4 Å². The number of hydrogen-bond acceptors (Lipinski definition) is 4. The van der Waals surface area contributed by atoms with Crippen LogP contribution in [0.25, 0.3) is 0 Å². The SMILES string of the molecule is CCN1C(=O)N(CCN(C)C)C(=O)C12CCN(CC(C)C)CC2. The Balaban J connectivity index is 2.11. The lowest BCUT2D eigenvalue weighted by Gasteiger charge is -2.42. The molecule has 23 heavy (non-hydrogen) atoms. The van der Waals surface area contributed by atoms with Gasteiger partial charge in [-0.3, -0.25) is 9.69 Å². The second-order valence-electron chi connectivity index (χ2n) is 7.51. The average Bonchev–Trinajstić information content (AvgIpc) is 2.67. The van der Waals surface area contributed by atoms with E-state index in [0.717, 1.165) is 32.5 Å². The summed E-state index contributed by atoms with van der Waals surface area (Å²) in [5, 5.41) is 0. The highest BCUT2D eigenvalue weighted by Crippen LogP contribution is 2.37. The van der Waals surface area contributed by atoms with E-state index in [1.54, 1.807) is 0 Å². The Bertz CT molecular complexity index is 442. The molecule has 0 aromatic carbocycles. The van der Waals surface area contributed by atoms with E-state index in [-0.39, 0.29) is 11.9 Å². The number of likely N-dealkylation sites (tertiary alicyclic amines) is 1. The average molecular weight is 324 g/mol. The molecule has 132 valence electrons. The van der Waals surface area contributed by atoms with Crippen LogP contribution >= 0.6 is 0 Å². The van der Waals surface area contributed by atoms with E-state index in [1.165, 1.54) is 4.90 Å². The molecular weight excluding hydrogens is 292 g/mol. The number of amides is 3. The van der Waals surface area contributed by atoms with E-state index in [0.29, 0.717) is 25.6 Å². The summed E-state index contributed by atoms with van der Waals surface area (Å²) in [5.74, 6) is 0.652. The summed E-state index contributed by atoms with van der Waals surface area (Å²) in [6, 6.07) is -0.100. The molecule has 0 aromatic rings. The molecule has 2 aliphatic heterocycles. The molecule has 0 unspecified atom stereocenters. The molecule has 0 bridgehead atoms. The molecule has 0 N–H and O–H groups in total. The van der Waals surface area contributed by atoms with Crippen LogP contribution in [0.1, 0.15) is 33.6 Å². The Hall–Kier alpha value is -1.14. The number of imide groups is 1. The molecular formula is C17H32N4O2. The first-order valence-electron chi connectivity index (χ1n) is 8.82. The van der Waals surface area contributed by atoms with Gasteiger partial charge in [0.2, 0.25) is 0 Å². The number of rotatable bonds is 6. The lowest BCUT2D eigenvalue weighted by molar-refractivity contribution is -0.135. The van der Waals surface area contributed by atoms with Crippen LogP contribution in [0.2, 0.25) is 0 Å². The quantitative estimate of drug-likeness (QED) is 0.692. The van der Waals surface area contributed by atoms with Crippen molar-refractivity contribution in [1.29, 1.82) is 0 Å². The van der Waals surface area contributed by atoms with E-state index in [1.807, 2.05) is 30.8 Å². The monoisotopic (exact) mass is 324 g/mol. The van der Waals surface area contributed by atoms with E-state index in [9.17, 15) is 9.59 Å². The van der Waals surface area contributed by atoms with Gasteiger partial charge in [-0.15, -0.1) is 0 Å². The van der Waals surface area contributed by atoms with Crippen molar-refractivity contribution in [3.8, 4) is 0 Å². The molecule has 1 spiro atoms. The lowest BCUT2D eigenvalue weighted by atomic mass is 9.85. The highest BCUT2D eigenvalue weighted by Gasteiger charge is 2.57. The maximum absolute atomic E-state index is 13.0. The van der Waals surface area contributed by atoms with Crippen molar-refractivity contribution in [3.63, 3.8) is 0 Å². The molecule has 2 saturated heterocycles. The largest absolute Gasteiger partial charge is 0.327 e. The maximum Gasteiger partial charge on any atom is 0.327 e. The van der Waals surface area contributed by atoms with Crippen LogP contribution in [-0.4, -0.2) is 90.4 Å². The molecule has 6 nitrogen and oxygen atoms in total. The van der Waals surface area contributed by atoms with Crippen LogP contribution in [-0.2, 0) is 4.79 Å². The van der Waals surface area contributed by atoms with Gasteiger partial charge in [0.1, 0.15) is 5.54 Å². The van der Waals surface area contributed by atoms with Crippen molar-refractivity contribution in [2.45, 2.75) is 39.2 Å². The van der Waals surface area contributed by atoms with Crippen LogP contribution in [0.5, 0.6) is 0 Å². The number of urea groups is 1. The summed E-state index contributed by atoms with van der Waals surface area (Å²) >= 11 is 0. The second kappa shape index (κ2) is 7.18. The first-order valence-corrected chi connectivity index (χ1v) is 8.82. The summed E-state index contributed by atoms with van der Waals surface area (Å²) in [7, 11) is 3.92. The van der Waals surface area contributed by atoms with Crippen molar-refractivity contribution in [3.05, 3.63) is 0 Å². The van der Waals surface area contributed by atoms with E-state index < -0.39 is 5.54 Å². The van der Waals surface area contributed by atoms with Crippen molar-refractivity contribution >= 4 is 11.9 Å². The lowest BCUT2D eigenvalue weighted by Crippen LogP contribution is -2.56. The molecule has 0 radical (unpaired) electrons. The Kier molecular flexibility index (Phi) is 5.68. The summed E-state index contributed by atoms with van der Waals surface area (Å²) < 4.78 is 0. The standard InChI is InChI=1S/C17H32N4O2/c1-6-21-16(23)20(12-11-18(4)5)15(22)17(21)7-9-19(10-8-17)13-14(2)3/h14H,6-13H2,1-5H3. The molecule has 2 heterocycles. The normalized spacial score (nSPS) is 22.2. The molecule has 2 fully saturated rings. The molecule has 2 aliphatic rings. The number of piperidine rings is 1. The third kappa shape index (κ3) is 3.53. The third-order valence-electron chi connectivity index (χ3n) is 5.02. The van der Waals surface area contributed by atoms with Crippen molar-refractivity contribution < 1.29 is 9.59 Å². The summed E-state index contributed by atoms with van der Waals surface area (Å²) in [5.41, 5.74) is -0.592. The van der Waals surface area contributed by atoms with Gasteiger partial charge in [0, 0.05) is 39.3 Å². The molecule has 0 aliphatic carbocycles. The number of likely N-dealkylation sites (N-methyl/N-ethyl adjacent to an activating group) is 2. The zero-order chi connectivity index (χ0) is 17.2. The van der Waals surface area contributed by atoms with Crippen LogP contribution in [0.3, 0.4) is 0 Å². The van der Waals surface area contributed by atoms with Crippen molar-refractivity contribution in [2.24, 2.45) is 5.92 Å². The molecule has 0 saturated carbocycles. The van der Waals surface area contributed by atoms with Crippen LogP contribution in [0.15, 0.2) is 0 Å². The van der Waals surface area contributed by atoms with E-state index in [4.69, 9.17) is 0 Å². The summed E-state index contributed by atoms with van der Waals surface area (Å²) in [6.07, 6.45) is 1.52. The van der Waals surface area contributed by atoms with Gasteiger partial charge in [0.25, 0.3) is 5.91 Å². The molecule has 2 rings (SSSR count). The Labute approximate surface area is 140 Å². The highest BCUT2D eigenvalue weighted by molar-refractivity contribution is 6.07. The van der Waals surface area contributed by atoms with Crippen molar-refractivity contribution in [1.82, 2.24) is 19.6 Å². The zero-order valence-electron chi connectivity index (χ0n) is 15.3. The van der Waals surface area contributed by atoms with E-state index >= 15 is 0 Å². The van der Waals surface area contributed by atoms with Crippen LogP contribution in [0.4, 0.5) is 4.79 Å². The minimum absolute atomic E-state index is 0.0235. The first-order chi connectivity index (χ1) is 10.8. The molecule has 3 amide bonds. The smallest absolute Gasteiger partial charge is 0.310 e. The Morgan fingerprint density at radius 3 is 2.26 bits per heavy atom. The molecule has 0 atom stereocenters. The van der Waals surface area contributed by atoms with Gasteiger partial charge in [0.05, 0.1) is 0 Å². The third-order valence-corrected chi connectivity index (χ3v) is 5.02. The fraction of sp³-hybridized carbons (Fsp3) is 0.882. The number of carbonyl (C=O) groups excluding carboxylic acids is 2. The predicted molar refractivity (Wildman–Crippen MR) is 91.3 cm³/mol. The zero-order valence-corrected chi connectivity index (χ0v) is 15.3. The van der Waals surface area contributed by atoms with Gasteiger partial charge < -0.3 is 14.7 Å². The van der Waals surface area contributed by atoms with Crippen LogP contribution in [0, 0.1) is 5.92 Å². The predicted octanol–water partition coefficient (Wildman–Crippen LogP) is 1.32. The van der Waals surface area contributed by atoms with Gasteiger partial charge in [-0.1, -0.05) is 13.8 Å². The Morgan fingerprint density at radius 1 is 1.17 bits per heavy atom. The highest BCUT2D eigenvalue weighted by atomic mass is 16.2. The first kappa shape index (κ1) is 18.2. The summed E-state index contributed by atoms with van der Waals surface area (Å²) in [6.45, 7) is 11.1. The minimum atomic E-state index is -0.592. The number of nitrogens with zero attached hydrogens (tertiary/aromatic N) is 4. The van der Waals surface area contributed by atoms with Gasteiger partial charge in [0.15, 0.2) is 0 Å². The van der Waals surface area contributed by atoms with Gasteiger partial charge in [-0.05, 0) is 39.8 Å². The molecule has 0 aromatic heterocycles. The van der Waals surface area contributed by atoms with Gasteiger partial charge in [-0.2, -0.15) is 0 Å². The number of hydrogen-bond donors (Lipinski definition) is 0. The Morgan fingerprint density at radius 2 is 1.78 bits per heavy atom. The topological polar surface area (TPSA) is 47.1 Å². The van der Waals surface area contributed by atoms with Gasteiger partial charge in [-0.25, -0.2) is 4.79 Å². The molecule has 6 heteroatoms. The fourth-order valence-electron chi connectivity index (χ4n) is 3.82. The summed E-state index contributed by atoms with van der Waals surface area (Å²) in [4.78, 5) is 33.4. The number of carbonyl (C=O) groups is 2. The second-order valence-corrected chi connectivity index (χ2v) is 7.51. The van der Waals surface area contributed by atoms with Gasteiger partial charge >= 0.3 is 6.03 Å². The minimum Gasteiger partial charge on any atom is -0.310 e. The van der Waals surface area contributed by atoms with Crippen LogP contribution < -0.4 is 0 Å². The maximum atomic E-state index is 13.0.